The van der Waals surface area contributed by atoms with Gasteiger partial charge in [-0.25, -0.2) is 13.2 Å². The highest BCUT2D eigenvalue weighted by Gasteiger charge is 2.27. The number of amides is 2. The van der Waals surface area contributed by atoms with E-state index in [1.165, 1.54) is 29.4 Å². The van der Waals surface area contributed by atoms with Gasteiger partial charge in [0, 0.05) is 31.0 Å². The Morgan fingerprint density at radius 1 is 0.962 bits per heavy atom. The van der Waals surface area contributed by atoms with Gasteiger partial charge in [-0.2, -0.15) is 0 Å². The first-order valence-corrected chi connectivity index (χ1v) is 7.92. The molecule has 0 radical (unpaired) electrons. The highest BCUT2D eigenvalue weighted by atomic mass is 19.2. The molecular weight excluding hydrogens is 349 g/mol. The average Bonchev–Trinajstić information content (AvgIpc) is 3.17. The van der Waals surface area contributed by atoms with E-state index in [0.29, 0.717) is 19.2 Å². The van der Waals surface area contributed by atoms with Crippen molar-refractivity contribution in [3.05, 3.63) is 59.2 Å². The highest BCUT2D eigenvalue weighted by molar-refractivity contribution is 5.99. The number of pyridine rings is 1. The summed E-state index contributed by atoms with van der Waals surface area (Å²) in [6.45, 7) is 0.835. The van der Waals surface area contributed by atoms with E-state index in [0.717, 1.165) is 12.8 Å². The van der Waals surface area contributed by atoms with Gasteiger partial charge in [0.1, 0.15) is 5.69 Å². The summed E-state index contributed by atoms with van der Waals surface area (Å²) >= 11 is 0. The summed E-state index contributed by atoms with van der Waals surface area (Å²) in [5.74, 6) is -5.77. The largest absolute Gasteiger partial charge is 0.367 e. The van der Waals surface area contributed by atoms with Crippen LogP contribution in [0.1, 0.15) is 33.6 Å². The van der Waals surface area contributed by atoms with Crippen molar-refractivity contribution in [1.82, 2.24) is 15.8 Å². The van der Waals surface area contributed by atoms with Crippen molar-refractivity contribution in [2.45, 2.75) is 12.8 Å². The Hall–Kier alpha value is -3.10. The maximum absolute atomic E-state index is 14.3. The van der Waals surface area contributed by atoms with E-state index in [9.17, 15) is 22.8 Å². The lowest BCUT2D eigenvalue weighted by atomic mass is 10.1. The second kappa shape index (κ2) is 7.42. The van der Waals surface area contributed by atoms with Gasteiger partial charge in [-0.05, 0) is 31.0 Å². The molecule has 1 aliphatic rings. The molecule has 0 saturated carbocycles. The molecule has 136 valence electrons. The molecule has 1 fully saturated rings. The molecule has 2 N–H and O–H groups in total. The van der Waals surface area contributed by atoms with Crippen molar-refractivity contribution in [3.8, 4) is 0 Å². The van der Waals surface area contributed by atoms with Gasteiger partial charge >= 0.3 is 0 Å². The van der Waals surface area contributed by atoms with Gasteiger partial charge in [0.05, 0.1) is 5.56 Å². The molecule has 0 bridgehead atoms. The summed E-state index contributed by atoms with van der Waals surface area (Å²) in [6, 6.07) is 3.42. The number of halogens is 3. The molecule has 1 aliphatic heterocycles. The van der Waals surface area contributed by atoms with Crippen molar-refractivity contribution in [2.24, 2.45) is 0 Å². The summed E-state index contributed by atoms with van der Waals surface area (Å²) in [7, 11) is 0. The Labute approximate surface area is 147 Å². The molecule has 2 amide bonds. The molecule has 2 heterocycles. The summed E-state index contributed by atoms with van der Waals surface area (Å²) in [6.07, 6.45) is 4.25. The lowest BCUT2D eigenvalue weighted by Crippen LogP contribution is -2.42. The Morgan fingerprint density at radius 2 is 1.58 bits per heavy atom. The number of nitrogens with zero attached hydrogens (tertiary/aromatic N) is 2. The molecule has 6 nitrogen and oxygen atoms in total. The zero-order valence-corrected chi connectivity index (χ0v) is 13.6. The van der Waals surface area contributed by atoms with Crippen LogP contribution in [-0.4, -0.2) is 29.9 Å². The molecule has 0 atom stereocenters. The van der Waals surface area contributed by atoms with Gasteiger partial charge in [0.25, 0.3) is 11.8 Å². The maximum atomic E-state index is 14.3. The Balaban J connectivity index is 1.76. The summed E-state index contributed by atoms with van der Waals surface area (Å²) in [5.41, 5.74) is 2.87. The molecule has 1 aromatic heterocycles. The number of benzene rings is 1. The van der Waals surface area contributed by atoms with E-state index in [2.05, 4.69) is 4.98 Å². The quantitative estimate of drug-likeness (QED) is 0.647. The van der Waals surface area contributed by atoms with Crippen LogP contribution in [0.15, 0.2) is 30.6 Å². The lowest BCUT2D eigenvalue weighted by Gasteiger charge is -2.20. The average molecular weight is 364 g/mol. The van der Waals surface area contributed by atoms with Crippen molar-refractivity contribution >= 4 is 17.5 Å². The number of anilines is 1. The van der Waals surface area contributed by atoms with Gasteiger partial charge in [-0.1, -0.05) is 0 Å². The van der Waals surface area contributed by atoms with Gasteiger partial charge in [-0.15, -0.1) is 0 Å². The number of hydrogen-bond donors (Lipinski definition) is 2. The fourth-order valence-corrected chi connectivity index (χ4v) is 2.74. The summed E-state index contributed by atoms with van der Waals surface area (Å²) < 4.78 is 42.8. The summed E-state index contributed by atoms with van der Waals surface area (Å²) in [5, 5.41) is 0. The van der Waals surface area contributed by atoms with E-state index >= 15 is 0 Å². The lowest BCUT2D eigenvalue weighted by molar-refractivity contribution is 0.0843. The van der Waals surface area contributed by atoms with Gasteiger partial charge in [-0.3, -0.25) is 25.4 Å². The van der Waals surface area contributed by atoms with Crippen molar-refractivity contribution in [1.29, 1.82) is 0 Å². The topological polar surface area (TPSA) is 74.3 Å². The minimum atomic E-state index is -1.47. The van der Waals surface area contributed by atoms with E-state index in [-0.39, 0.29) is 5.56 Å². The van der Waals surface area contributed by atoms with Crippen molar-refractivity contribution < 1.29 is 22.8 Å². The molecule has 9 heteroatoms. The molecule has 26 heavy (non-hydrogen) atoms. The highest BCUT2D eigenvalue weighted by Crippen LogP contribution is 2.30. The third-order valence-electron chi connectivity index (χ3n) is 4.03. The second-order valence-corrected chi connectivity index (χ2v) is 5.72. The number of carbonyl (C=O) groups excluding carboxylic acids is 2. The zero-order valence-electron chi connectivity index (χ0n) is 13.6. The number of carbonyl (C=O) groups is 2. The first-order valence-electron chi connectivity index (χ1n) is 7.92. The molecule has 0 aliphatic carbocycles. The molecule has 1 saturated heterocycles. The normalized spacial score (nSPS) is 13.6. The van der Waals surface area contributed by atoms with Crippen LogP contribution >= 0.6 is 0 Å². The van der Waals surface area contributed by atoms with Gasteiger partial charge < -0.3 is 4.90 Å². The number of nitrogens with one attached hydrogen (secondary N) is 2. The predicted molar refractivity (Wildman–Crippen MR) is 86.9 cm³/mol. The smallest absolute Gasteiger partial charge is 0.272 e. The number of rotatable bonds is 3. The van der Waals surface area contributed by atoms with E-state index in [1.807, 2.05) is 10.9 Å². The van der Waals surface area contributed by atoms with Crippen molar-refractivity contribution in [3.63, 3.8) is 0 Å². The van der Waals surface area contributed by atoms with E-state index in [1.54, 1.807) is 0 Å². The fourth-order valence-electron chi connectivity index (χ4n) is 2.74. The van der Waals surface area contributed by atoms with Crippen LogP contribution in [0.3, 0.4) is 0 Å². The SMILES string of the molecule is O=C(NNC(=O)c1cc(F)c(N2CCCC2)c(F)c1F)c1ccncc1. The monoisotopic (exact) mass is 364 g/mol. The first kappa shape index (κ1) is 17.7. The van der Waals surface area contributed by atoms with Gasteiger partial charge in [0.2, 0.25) is 0 Å². The second-order valence-electron chi connectivity index (χ2n) is 5.72. The van der Waals surface area contributed by atoms with E-state index < -0.39 is 40.5 Å². The number of aromatic nitrogens is 1. The van der Waals surface area contributed by atoms with Crippen LogP contribution in [0.4, 0.5) is 18.9 Å². The molecular formula is C17H15F3N4O2. The third kappa shape index (κ3) is 3.46. The zero-order chi connectivity index (χ0) is 18.7. The fraction of sp³-hybridized carbons (Fsp3) is 0.235. The Bertz CT molecular complexity index is 840. The predicted octanol–water partition coefficient (Wildman–Crippen LogP) is 2.17. The van der Waals surface area contributed by atoms with Gasteiger partial charge in [0.15, 0.2) is 17.5 Å². The van der Waals surface area contributed by atoms with E-state index in [4.69, 9.17) is 0 Å². The van der Waals surface area contributed by atoms with Crippen LogP contribution in [0, 0.1) is 17.5 Å². The molecule has 0 spiro atoms. The Kier molecular flexibility index (Phi) is 5.06. The minimum Gasteiger partial charge on any atom is -0.367 e. The van der Waals surface area contributed by atoms with Crippen LogP contribution in [0.2, 0.25) is 0 Å². The van der Waals surface area contributed by atoms with Crippen LogP contribution in [0.25, 0.3) is 0 Å². The maximum Gasteiger partial charge on any atom is 0.272 e. The molecule has 1 aromatic carbocycles. The van der Waals surface area contributed by atoms with Crippen LogP contribution < -0.4 is 15.8 Å². The summed E-state index contributed by atoms with van der Waals surface area (Å²) in [4.78, 5) is 29.0. The third-order valence-corrected chi connectivity index (χ3v) is 4.03. The van der Waals surface area contributed by atoms with Crippen molar-refractivity contribution in [2.75, 3.05) is 18.0 Å². The molecule has 0 unspecified atom stereocenters. The number of hydrogen-bond acceptors (Lipinski definition) is 4. The molecule has 3 rings (SSSR count). The minimum absolute atomic E-state index is 0.197. The first-order chi connectivity index (χ1) is 12.5. The van der Waals surface area contributed by atoms with Crippen LogP contribution in [0.5, 0.6) is 0 Å². The van der Waals surface area contributed by atoms with Crippen LogP contribution in [-0.2, 0) is 0 Å². The number of hydrazine groups is 1. The molecule has 2 aromatic rings. The standard InChI is InChI=1S/C17H15F3N4O2/c18-12-9-11(13(19)14(20)15(12)24-7-1-2-8-24)17(26)23-22-16(25)10-3-5-21-6-4-10/h3-6,9H,1-2,7-8H2,(H,22,25)(H,23,26). The Morgan fingerprint density at radius 3 is 2.23 bits per heavy atom.